The van der Waals surface area contributed by atoms with Crippen molar-refractivity contribution in [3.63, 3.8) is 0 Å². The smallest absolute Gasteiger partial charge is 0.226 e. The van der Waals surface area contributed by atoms with Crippen LogP contribution in [0.3, 0.4) is 0 Å². The summed E-state index contributed by atoms with van der Waals surface area (Å²) in [6, 6.07) is 8.25. The lowest BCUT2D eigenvalue weighted by Gasteiger charge is -2.55. The molecule has 1 atom stereocenters. The maximum Gasteiger partial charge on any atom is 0.226 e. The Morgan fingerprint density at radius 3 is 2.23 bits per heavy atom. The Balaban J connectivity index is 1.52. The summed E-state index contributed by atoms with van der Waals surface area (Å²) in [5.74, 6) is 2.76. The maximum atomic E-state index is 13.1. The second-order valence-corrected chi connectivity index (χ2v) is 8.77. The summed E-state index contributed by atoms with van der Waals surface area (Å²) in [6.45, 7) is 2.10. The van der Waals surface area contributed by atoms with Crippen LogP contribution in [0.4, 0.5) is 0 Å². The molecule has 118 valence electrons. The molecule has 4 bridgehead atoms. The van der Waals surface area contributed by atoms with Gasteiger partial charge in [0.1, 0.15) is 0 Å². The highest BCUT2D eigenvalue weighted by atomic mass is 79.9. The summed E-state index contributed by atoms with van der Waals surface area (Å²) in [6.07, 6.45) is 7.54. The third kappa shape index (κ3) is 2.42. The Bertz CT molecular complexity index is 562. The molecule has 1 N–H and O–H groups in total. The van der Waals surface area contributed by atoms with Crippen molar-refractivity contribution in [3.8, 4) is 0 Å². The van der Waals surface area contributed by atoms with Gasteiger partial charge in [0.25, 0.3) is 0 Å². The zero-order valence-electron chi connectivity index (χ0n) is 13.1. The molecule has 0 spiro atoms. The average molecular weight is 362 g/mol. The minimum Gasteiger partial charge on any atom is -0.349 e. The summed E-state index contributed by atoms with van der Waals surface area (Å²) in [5.41, 5.74) is 1.12. The molecule has 0 aliphatic heterocycles. The Hall–Kier alpha value is -0.830. The van der Waals surface area contributed by atoms with Crippen molar-refractivity contribution in [1.29, 1.82) is 0 Å². The molecule has 0 heterocycles. The van der Waals surface area contributed by atoms with Gasteiger partial charge in [0.2, 0.25) is 5.91 Å². The van der Waals surface area contributed by atoms with Crippen LogP contribution in [-0.4, -0.2) is 5.91 Å². The van der Waals surface area contributed by atoms with Crippen molar-refractivity contribution in [2.75, 3.05) is 0 Å². The predicted octanol–water partition coefficient (Wildman–Crippen LogP) is 4.84. The van der Waals surface area contributed by atoms with E-state index < -0.39 is 0 Å². The summed E-state index contributed by atoms with van der Waals surface area (Å²) < 4.78 is 1.08. The van der Waals surface area contributed by atoms with Crippen LogP contribution < -0.4 is 5.32 Å². The summed E-state index contributed by atoms with van der Waals surface area (Å²) in [5, 5.41) is 3.33. The second kappa shape index (κ2) is 5.36. The number of nitrogens with one attached hydrogen (secondary N) is 1. The number of hydrogen-bond donors (Lipinski definition) is 1. The molecular formula is C19H24BrNO. The predicted molar refractivity (Wildman–Crippen MR) is 91.3 cm³/mol. The van der Waals surface area contributed by atoms with Crippen LogP contribution in [-0.2, 0) is 4.79 Å². The lowest BCUT2D eigenvalue weighted by molar-refractivity contribution is -0.147. The number of carbonyl (C=O) groups is 1. The fourth-order valence-electron chi connectivity index (χ4n) is 5.64. The van der Waals surface area contributed by atoms with Gasteiger partial charge in [-0.1, -0.05) is 34.1 Å². The zero-order chi connectivity index (χ0) is 15.3. The van der Waals surface area contributed by atoms with Crippen molar-refractivity contribution in [2.45, 2.75) is 51.5 Å². The topological polar surface area (TPSA) is 29.1 Å². The molecule has 1 aromatic rings. The van der Waals surface area contributed by atoms with Gasteiger partial charge in [-0.05, 0) is 74.8 Å². The van der Waals surface area contributed by atoms with Crippen molar-refractivity contribution in [1.82, 2.24) is 5.32 Å². The SMILES string of the molecule is C[C@H](NC(=O)C12CC3CC(CC(C3)C1)C2)c1ccccc1Br. The van der Waals surface area contributed by atoms with Crippen LogP contribution in [0.1, 0.15) is 57.1 Å². The van der Waals surface area contributed by atoms with E-state index in [1.54, 1.807) is 0 Å². The Kier molecular flexibility index (Phi) is 3.60. The van der Waals surface area contributed by atoms with E-state index in [0.717, 1.165) is 41.5 Å². The summed E-state index contributed by atoms with van der Waals surface area (Å²) >= 11 is 3.60. The molecule has 4 aliphatic carbocycles. The first-order chi connectivity index (χ1) is 10.6. The minimum atomic E-state index is -0.0513. The highest BCUT2D eigenvalue weighted by molar-refractivity contribution is 9.10. The van der Waals surface area contributed by atoms with Crippen LogP contribution in [0.25, 0.3) is 0 Å². The molecular weight excluding hydrogens is 338 g/mol. The van der Waals surface area contributed by atoms with Gasteiger partial charge >= 0.3 is 0 Å². The molecule has 4 saturated carbocycles. The quantitative estimate of drug-likeness (QED) is 0.819. The van der Waals surface area contributed by atoms with Crippen molar-refractivity contribution >= 4 is 21.8 Å². The number of carbonyl (C=O) groups excluding carboxylic acids is 1. The normalized spacial score (nSPS) is 37.1. The fourth-order valence-corrected chi connectivity index (χ4v) is 6.27. The van der Waals surface area contributed by atoms with Crippen LogP contribution in [0.5, 0.6) is 0 Å². The Labute approximate surface area is 141 Å². The number of amides is 1. The number of halogens is 1. The zero-order valence-corrected chi connectivity index (χ0v) is 14.7. The van der Waals surface area contributed by atoms with E-state index in [4.69, 9.17) is 0 Å². The summed E-state index contributed by atoms with van der Waals surface area (Å²) in [7, 11) is 0. The van der Waals surface area contributed by atoms with E-state index in [2.05, 4.69) is 34.2 Å². The van der Waals surface area contributed by atoms with Gasteiger partial charge in [-0.15, -0.1) is 0 Å². The van der Waals surface area contributed by atoms with Crippen LogP contribution in [0, 0.1) is 23.2 Å². The maximum absolute atomic E-state index is 13.1. The van der Waals surface area contributed by atoms with E-state index in [0.29, 0.717) is 5.91 Å². The Morgan fingerprint density at radius 1 is 1.14 bits per heavy atom. The second-order valence-electron chi connectivity index (χ2n) is 7.91. The molecule has 4 fully saturated rings. The van der Waals surface area contributed by atoms with Crippen molar-refractivity contribution in [2.24, 2.45) is 23.2 Å². The van der Waals surface area contributed by atoms with Gasteiger partial charge in [-0.2, -0.15) is 0 Å². The number of hydrogen-bond acceptors (Lipinski definition) is 1. The summed E-state index contributed by atoms with van der Waals surface area (Å²) in [4.78, 5) is 13.1. The van der Waals surface area contributed by atoms with E-state index >= 15 is 0 Å². The van der Waals surface area contributed by atoms with Crippen LogP contribution >= 0.6 is 15.9 Å². The van der Waals surface area contributed by atoms with Gasteiger partial charge < -0.3 is 5.32 Å². The van der Waals surface area contributed by atoms with Crippen molar-refractivity contribution < 1.29 is 4.79 Å². The third-order valence-electron chi connectivity index (χ3n) is 6.24. The number of benzene rings is 1. The molecule has 5 rings (SSSR count). The average Bonchev–Trinajstić information content (AvgIpc) is 2.46. The highest BCUT2D eigenvalue weighted by Crippen LogP contribution is 2.60. The standard InChI is InChI=1S/C19H24BrNO/c1-12(16-4-2-3-5-17(16)20)21-18(22)19-9-13-6-14(10-19)8-15(7-13)11-19/h2-5,12-15H,6-11H2,1H3,(H,21,22)/t12-,13?,14?,15?,19?/m0/s1. The van der Waals surface area contributed by atoms with Crippen molar-refractivity contribution in [3.05, 3.63) is 34.3 Å². The minimum absolute atomic E-state index is 0.0513. The number of rotatable bonds is 3. The van der Waals surface area contributed by atoms with E-state index in [-0.39, 0.29) is 11.5 Å². The molecule has 0 saturated heterocycles. The lowest BCUT2D eigenvalue weighted by atomic mass is 9.49. The highest BCUT2D eigenvalue weighted by Gasteiger charge is 2.54. The van der Waals surface area contributed by atoms with Gasteiger partial charge in [0, 0.05) is 9.89 Å². The molecule has 1 aromatic carbocycles. The molecule has 2 nitrogen and oxygen atoms in total. The monoisotopic (exact) mass is 361 g/mol. The van der Waals surface area contributed by atoms with E-state index in [9.17, 15) is 4.79 Å². The Morgan fingerprint density at radius 2 is 1.68 bits per heavy atom. The molecule has 1 amide bonds. The van der Waals surface area contributed by atoms with Crippen LogP contribution in [0.2, 0.25) is 0 Å². The lowest BCUT2D eigenvalue weighted by Crippen LogP contribution is -2.53. The first kappa shape index (κ1) is 14.7. The van der Waals surface area contributed by atoms with Gasteiger partial charge in [0.15, 0.2) is 0 Å². The third-order valence-corrected chi connectivity index (χ3v) is 6.96. The first-order valence-corrected chi connectivity index (χ1v) is 9.40. The van der Waals surface area contributed by atoms with E-state index in [1.165, 1.54) is 24.8 Å². The molecule has 0 radical (unpaired) electrons. The van der Waals surface area contributed by atoms with Crippen LogP contribution in [0.15, 0.2) is 28.7 Å². The fraction of sp³-hybridized carbons (Fsp3) is 0.632. The first-order valence-electron chi connectivity index (χ1n) is 8.61. The van der Waals surface area contributed by atoms with E-state index in [1.807, 2.05) is 18.2 Å². The molecule has 0 unspecified atom stereocenters. The molecule has 4 aliphatic rings. The molecule has 22 heavy (non-hydrogen) atoms. The molecule has 0 aromatic heterocycles. The van der Waals surface area contributed by atoms with Gasteiger partial charge in [0.05, 0.1) is 6.04 Å². The molecule has 3 heteroatoms. The van der Waals surface area contributed by atoms with Gasteiger partial charge in [-0.3, -0.25) is 4.79 Å². The van der Waals surface area contributed by atoms with Gasteiger partial charge in [-0.25, -0.2) is 0 Å². The largest absolute Gasteiger partial charge is 0.349 e.